The Morgan fingerprint density at radius 2 is 1.48 bits per heavy atom. The number of ether oxygens (including phenoxy) is 1. The first-order valence-electron chi connectivity index (χ1n) is 9.60. The van der Waals surface area contributed by atoms with Crippen molar-refractivity contribution in [3.05, 3.63) is 36.5 Å². The molecule has 0 aliphatic carbocycles. The Morgan fingerprint density at radius 3 is 2.11 bits per heavy atom. The molecule has 6 heteroatoms. The Bertz CT molecular complexity index is 394. The largest absolute Gasteiger partial charge is 0.463 e. The fraction of sp³-hybridized carbons (Fsp3) is 0.667. The summed E-state index contributed by atoms with van der Waals surface area (Å²) in [4.78, 5) is 11.4. The molecular weight excluding hydrogens is 346 g/mol. The molecular formula is C21H41NO5. The van der Waals surface area contributed by atoms with E-state index < -0.39 is 6.10 Å². The molecule has 0 radical (unpaired) electrons. The number of aliphatic hydroxyl groups excluding tert-OH is 2. The fourth-order valence-corrected chi connectivity index (χ4v) is 2.20. The summed E-state index contributed by atoms with van der Waals surface area (Å²) in [5, 5.41) is 17.7. The monoisotopic (exact) mass is 387 g/mol. The van der Waals surface area contributed by atoms with Crippen molar-refractivity contribution in [1.82, 2.24) is 6.15 Å². The molecule has 27 heavy (non-hydrogen) atoms. The predicted octanol–water partition coefficient (Wildman–Crippen LogP) is 3.81. The van der Waals surface area contributed by atoms with Crippen LogP contribution in [0.5, 0.6) is 0 Å². The second-order valence-electron chi connectivity index (χ2n) is 6.12. The van der Waals surface area contributed by atoms with Crippen LogP contribution in [-0.2, 0) is 9.53 Å². The van der Waals surface area contributed by atoms with Crippen molar-refractivity contribution in [2.75, 3.05) is 13.2 Å². The van der Waals surface area contributed by atoms with Gasteiger partial charge in [-0.2, -0.15) is 0 Å². The molecule has 7 N–H and O–H groups in total. The summed E-state index contributed by atoms with van der Waals surface area (Å²) in [5.41, 5.74) is 0. The van der Waals surface area contributed by atoms with Gasteiger partial charge in [-0.25, -0.2) is 0 Å². The van der Waals surface area contributed by atoms with Gasteiger partial charge in [0.15, 0.2) is 0 Å². The van der Waals surface area contributed by atoms with E-state index >= 15 is 0 Å². The van der Waals surface area contributed by atoms with Gasteiger partial charge in [-0.15, -0.1) is 0 Å². The van der Waals surface area contributed by atoms with Crippen LogP contribution in [0.4, 0.5) is 0 Å². The molecule has 0 amide bonds. The third-order valence-electron chi connectivity index (χ3n) is 3.68. The summed E-state index contributed by atoms with van der Waals surface area (Å²) < 4.78 is 4.85. The second kappa shape index (κ2) is 24.5. The van der Waals surface area contributed by atoms with Gasteiger partial charge in [-0.05, 0) is 38.5 Å². The first-order valence-corrected chi connectivity index (χ1v) is 9.60. The Kier molecular flexibility index (Phi) is 27.5. The van der Waals surface area contributed by atoms with E-state index in [1.54, 1.807) is 0 Å². The highest BCUT2D eigenvalue weighted by Crippen LogP contribution is 2.08. The minimum Gasteiger partial charge on any atom is -0.463 e. The quantitative estimate of drug-likeness (QED) is 0.210. The number of carbonyl (C=O) groups excluding carboxylic acids is 1. The van der Waals surface area contributed by atoms with Crippen molar-refractivity contribution in [1.29, 1.82) is 0 Å². The summed E-state index contributed by atoms with van der Waals surface area (Å²) in [6, 6.07) is 0. The van der Waals surface area contributed by atoms with Crippen molar-refractivity contribution in [2.24, 2.45) is 0 Å². The second-order valence-corrected chi connectivity index (χ2v) is 6.12. The highest BCUT2D eigenvalue weighted by Gasteiger charge is 2.07. The molecule has 0 aromatic heterocycles. The molecule has 0 aromatic rings. The smallest absolute Gasteiger partial charge is 0.305 e. The lowest BCUT2D eigenvalue weighted by atomic mass is 10.1. The molecule has 0 heterocycles. The average Bonchev–Trinajstić information content (AvgIpc) is 2.62. The highest BCUT2D eigenvalue weighted by atomic mass is 16.5. The van der Waals surface area contributed by atoms with E-state index in [2.05, 4.69) is 43.4 Å². The Hall–Kier alpha value is -1.47. The topological polar surface area (TPSA) is 133 Å². The molecule has 1 atom stereocenters. The van der Waals surface area contributed by atoms with E-state index in [1.807, 2.05) is 0 Å². The molecule has 0 rings (SSSR count). The summed E-state index contributed by atoms with van der Waals surface area (Å²) in [5.74, 6) is -0.298. The number of rotatable bonds is 16. The predicted molar refractivity (Wildman–Crippen MR) is 112 cm³/mol. The first-order chi connectivity index (χ1) is 12.2. The lowest BCUT2D eigenvalue weighted by molar-refractivity contribution is -0.147. The lowest BCUT2D eigenvalue weighted by Crippen LogP contribution is -2.21. The van der Waals surface area contributed by atoms with E-state index in [0.29, 0.717) is 6.42 Å². The zero-order valence-electron chi connectivity index (χ0n) is 16.9. The molecule has 0 aliphatic heterocycles. The Morgan fingerprint density at radius 1 is 0.926 bits per heavy atom. The number of hydrogen-bond acceptors (Lipinski definition) is 5. The third kappa shape index (κ3) is 24.5. The van der Waals surface area contributed by atoms with E-state index in [1.165, 1.54) is 12.8 Å². The molecule has 0 aromatic carbocycles. The van der Waals surface area contributed by atoms with Crippen LogP contribution in [0.3, 0.4) is 0 Å². The summed E-state index contributed by atoms with van der Waals surface area (Å²) in [6.45, 7) is 1.64. The van der Waals surface area contributed by atoms with Crippen LogP contribution in [0.2, 0.25) is 0 Å². The van der Waals surface area contributed by atoms with Crippen LogP contribution in [-0.4, -0.2) is 41.0 Å². The zero-order chi connectivity index (χ0) is 18.6. The third-order valence-corrected chi connectivity index (χ3v) is 3.68. The average molecular weight is 388 g/mol. The van der Waals surface area contributed by atoms with Crippen molar-refractivity contribution >= 4 is 5.97 Å². The SMILES string of the molecule is CC/C=C\C/C=C\C/C=C\CCCCCCCC(=O)OCC(O)CO.N.O. The number of unbranched alkanes of at least 4 members (excludes halogenated alkanes) is 5. The van der Waals surface area contributed by atoms with Crippen LogP contribution in [0.15, 0.2) is 36.5 Å². The molecule has 1 unspecified atom stereocenters. The fourth-order valence-electron chi connectivity index (χ4n) is 2.20. The van der Waals surface area contributed by atoms with E-state index in [4.69, 9.17) is 14.9 Å². The molecule has 0 spiro atoms. The van der Waals surface area contributed by atoms with Crippen molar-refractivity contribution in [2.45, 2.75) is 77.2 Å². The van der Waals surface area contributed by atoms with Crippen LogP contribution in [0.25, 0.3) is 0 Å². The number of esters is 1. The van der Waals surface area contributed by atoms with E-state index in [0.717, 1.165) is 44.9 Å². The summed E-state index contributed by atoms with van der Waals surface area (Å²) in [7, 11) is 0. The van der Waals surface area contributed by atoms with Gasteiger partial charge in [0, 0.05) is 6.42 Å². The van der Waals surface area contributed by atoms with E-state index in [-0.39, 0.29) is 30.8 Å². The van der Waals surface area contributed by atoms with Crippen LogP contribution in [0.1, 0.15) is 71.1 Å². The number of carbonyl (C=O) groups is 1. The van der Waals surface area contributed by atoms with Crippen LogP contribution >= 0.6 is 0 Å². The Labute approximate surface area is 164 Å². The van der Waals surface area contributed by atoms with Crippen LogP contribution in [0, 0.1) is 0 Å². The minimum absolute atomic E-state index is 0. The molecule has 0 saturated carbocycles. The van der Waals surface area contributed by atoms with Crippen molar-refractivity contribution in [3.8, 4) is 0 Å². The van der Waals surface area contributed by atoms with Gasteiger partial charge < -0.3 is 26.6 Å². The maximum absolute atomic E-state index is 11.4. The van der Waals surface area contributed by atoms with Crippen molar-refractivity contribution < 1.29 is 25.2 Å². The van der Waals surface area contributed by atoms with Crippen molar-refractivity contribution in [3.63, 3.8) is 0 Å². The molecule has 0 bridgehead atoms. The molecule has 6 nitrogen and oxygen atoms in total. The normalized spacial score (nSPS) is 12.3. The first kappa shape index (κ1) is 30.3. The standard InChI is InChI=1S/C21H36O4.H3N.H2O/c1-2-3-4-5-6-7-8-9-10-11-12-13-14-15-16-17-21(24)25-19-20(23)18-22;;/h3-4,6-7,9-10,20,22-23H,2,5,8,11-19H2,1H3;1H3;1H2/b4-3-,7-6-,10-9-;;. The Balaban J connectivity index is -0.00000288. The number of aliphatic hydroxyl groups is 2. The highest BCUT2D eigenvalue weighted by molar-refractivity contribution is 5.69. The summed E-state index contributed by atoms with van der Waals surface area (Å²) >= 11 is 0. The zero-order valence-corrected chi connectivity index (χ0v) is 16.9. The molecule has 0 saturated heterocycles. The molecule has 160 valence electrons. The van der Waals surface area contributed by atoms with Gasteiger partial charge in [0.05, 0.1) is 6.61 Å². The maximum atomic E-state index is 11.4. The van der Waals surface area contributed by atoms with Gasteiger partial charge in [-0.3, -0.25) is 4.79 Å². The van der Waals surface area contributed by atoms with Gasteiger partial charge >= 0.3 is 5.97 Å². The maximum Gasteiger partial charge on any atom is 0.305 e. The molecule has 0 fully saturated rings. The van der Waals surface area contributed by atoms with Gasteiger partial charge in [0.25, 0.3) is 0 Å². The molecule has 0 aliphatic rings. The lowest BCUT2D eigenvalue weighted by Gasteiger charge is -2.08. The number of allylic oxidation sites excluding steroid dienone is 6. The van der Waals surface area contributed by atoms with Gasteiger partial charge in [0.2, 0.25) is 0 Å². The van der Waals surface area contributed by atoms with E-state index in [9.17, 15) is 4.79 Å². The summed E-state index contributed by atoms with van der Waals surface area (Å²) in [6.07, 6.45) is 22.3. The van der Waals surface area contributed by atoms with Crippen LogP contribution < -0.4 is 6.15 Å². The number of hydrogen-bond donors (Lipinski definition) is 3. The van der Waals surface area contributed by atoms with Gasteiger partial charge in [0.1, 0.15) is 12.7 Å². The minimum atomic E-state index is -0.967. The van der Waals surface area contributed by atoms with Gasteiger partial charge in [-0.1, -0.05) is 62.6 Å².